The summed E-state index contributed by atoms with van der Waals surface area (Å²) < 4.78 is 5.41. The van der Waals surface area contributed by atoms with Crippen LogP contribution in [-0.2, 0) is 11.2 Å². The topological polar surface area (TPSA) is 42.2 Å². The standard InChI is InChI=1S/C13H18BrNO2/c14-8-2-1-6-13(16)15-11-4-3-5-12-10(11)7-9-17-12/h7,9,11H,1-6,8H2,(H,15,16). The Morgan fingerprint density at radius 1 is 1.53 bits per heavy atom. The fourth-order valence-electron chi connectivity index (χ4n) is 2.28. The van der Waals surface area contributed by atoms with Gasteiger partial charge in [-0.3, -0.25) is 4.79 Å². The van der Waals surface area contributed by atoms with Gasteiger partial charge in [-0.25, -0.2) is 0 Å². The lowest BCUT2D eigenvalue weighted by Gasteiger charge is -2.22. The second-order valence-corrected chi connectivity index (χ2v) is 5.25. The molecule has 1 aromatic heterocycles. The molecule has 1 N–H and O–H groups in total. The van der Waals surface area contributed by atoms with Gasteiger partial charge in [0.1, 0.15) is 5.76 Å². The van der Waals surface area contributed by atoms with Gasteiger partial charge in [0.2, 0.25) is 5.91 Å². The highest BCUT2D eigenvalue weighted by Crippen LogP contribution is 2.30. The molecular formula is C13H18BrNO2. The predicted molar refractivity (Wildman–Crippen MR) is 70.2 cm³/mol. The molecule has 1 aliphatic carbocycles. The Morgan fingerprint density at radius 2 is 2.41 bits per heavy atom. The molecule has 94 valence electrons. The Balaban J connectivity index is 1.86. The number of nitrogens with one attached hydrogen (secondary N) is 1. The Morgan fingerprint density at radius 3 is 3.24 bits per heavy atom. The molecular weight excluding hydrogens is 282 g/mol. The van der Waals surface area contributed by atoms with Gasteiger partial charge < -0.3 is 9.73 Å². The Bertz CT molecular complexity index is 375. The highest BCUT2D eigenvalue weighted by atomic mass is 79.9. The fraction of sp³-hybridized carbons (Fsp3) is 0.615. The molecule has 0 aromatic carbocycles. The van der Waals surface area contributed by atoms with E-state index in [0.717, 1.165) is 43.2 Å². The van der Waals surface area contributed by atoms with Crippen LogP contribution in [-0.4, -0.2) is 11.2 Å². The number of halogens is 1. The largest absolute Gasteiger partial charge is 0.469 e. The lowest BCUT2D eigenvalue weighted by molar-refractivity contribution is -0.122. The van der Waals surface area contributed by atoms with Gasteiger partial charge in [-0.15, -0.1) is 0 Å². The molecule has 0 fully saturated rings. The van der Waals surface area contributed by atoms with Crippen LogP contribution in [0, 0.1) is 0 Å². The van der Waals surface area contributed by atoms with Crippen molar-refractivity contribution in [2.24, 2.45) is 0 Å². The predicted octanol–water partition coefficient (Wildman–Crippen LogP) is 3.34. The lowest BCUT2D eigenvalue weighted by Crippen LogP contribution is -2.30. The first-order valence-corrected chi connectivity index (χ1v) is 7.35. The molecule has 0 bridgehead atoms. The number of carbonyl (C=O) groups excluding carboxylic acids is 1. The Hall–Kier alpha value is -0.770. The summed E-state index contributed by atoms with van der Waals surface area (Å²) in [5, 5.41) is 4.07. The first-order chi connectivity index (χ1) is 8.31. The number of unbranched alkanes of at least 4 members (excludes halogenated alkanes) is 1. The van der Waals surface area contributed by atoms with Crippen molar-refractivity contribution in [3.63, 3.8) is 0 Å². The van der Waals surface area contributed by atoms with E-state index in [0.29, 0.717) is 6.42 Å². The van der Waals surface area contributed by atoms with Crippen LogP contribution in [0.25, 0.3) is 0 Å². The van der Waals surface area contributed by atoms with Crippen LogP contribution in [0.1, 0.15) is 49.5 Å². The second-order valence-electron chi connectivity index (χ2n) is 4.46. The van der Waals surface area contributed by atoms with Crippen LogP contribution in [0.15, 0.2) is 16.7 Å². The van der Waals surface area contributed by atoms with E-state index in [4.69, 9.17) is 4.42 Å². The van der Waals surface area contributed by atoms with Crippen molar-refractivity contribution >= 4 is 21.8 Å². The summed E-state index contributed by atoms with van der Waals surface area (Å²) in [5.41, 5.74) is 1.17. The van der Waals surface area contributed by atoms with Gasteiger partial charge >= 0.3 is 0 Å². The molecule has 4 heteroatoms. The van der Waals surface area contributed by atoms with Gasteiger partial charge in [0, 0.05) is 23.7 Å². The molecule has 0 saturated heterocycles. The van der Waals surface area contributed by atoms with Gasteiger partial charge in [-0.2, -0.15) is 0 Å². The van der Waals surface area contributed by atoms with Crippen LogP contribution < -0.4 is 5.32 Å². The zero-order chi connectivity index (χ0) is 12.1. The summed E-state index contributed by atoms with van der Waals surface area (Å²) in [6.07, 6.45) is 7.45. The number of amides is 1. The quantitative estimate of drug-likeness (QED) is 0.669. The molecule has 1 aromatic rings. The molecule has 1 atom stereocenters. The average Bonchev–Trinajstić information content (AvgIpc) is 2.78. The number of fused-ring (bicyclic) bond motifs is 1. The number of carbonyl (C=O) groups is 1. The molecule has 0 radical (unpaired) electrons. The normalized spacial score (nSPS) is 18.8. The van der Waals surface area contributed by atoms with Gasteiger partial charge in [-0.05, 0) is 31.7 Å². The number of furan rings is 1. The lowest BCUT2D eigenvalue weighted by atomic mass is 9.93. The third-order valence-corrected chi connectivity index (χ3v) is 3.74. The van der Waals surface area contributed by atoms with Crippen LogP contribution in [0.4, 0.5) is 0 Å². The van der Waals surface area contributed by atoms with E-state index in [1.54, 1.807) is 6.26 Å². The number of aryl methyl sites for hydroxylation is 1. The summed E-state index contributed by atoms with van der Waals surface area (Å²) >= 11 is 3.37. The van der Waals surface area contributed by atoms with Crippen LogP contribution in [0.5, 0.6) is 0 Å². The third kappa shape index (κ3) is 3.35. The van der Waals surface area contributed by atoms with E-state index < -0.39 is 0 Å². The highest BCUT2D eigenvalue weighted by molar-refractivity contribution is 9.09. The SMILES string of the molecule is O=C(CCCCBr)NC1CCCc2occc21. The van der Waals surface area contributed by atoms with Gasteiger partial charge in [0.15, 0.2) is 0 Å². The molecule has 0 spiro atoms. The smallest absolute Gasteiger partial charge is 0.220 e. The van der Waals surface area contributed by atoms with Crippen molar-refractivity contribution in [1.82, 2.24) is 5.32 Å². The molecule has 1 heterocycles. The van der Waals surface area contributed by atoms with E-state index in [-0.39, 0.29) is 11.9 Å². The summed E-state index contributed by atoms with van der Waals surface area (Å²) in [6.45, 7) is 0. The van der Waals surface area contributed by atoms with Crippen LogP contribution in [0.2, 0.25) is 0 Å². The maximum absolute atomic E-state index is 11.8. The number of hydrogen-bond acceptors (Lipinski definition) is 2. The molecule has 1 unspecified atom stereocenters. The third-order valence-electron chi connectivity index (χ3n) is 3.17. The van der Waals surface area contributed by atoms with Crippen molar-refractivity contribution in [2.45, 2.75) is 44.6 Å². The number of hydrogen-bond donors (Lipinski definition) is 1. The fourth-order valence-corrected chi connectivity index (χ4v) is 2.68. The van der Waals surface area contributed by atoms with E-state index >= 15 is 0 Å². The second kappa shape index (κ2) is 6.24. The molecule has 0 aliphatic heterocycles. The van der Waals surface area contributed by atoms with Crippen LogP contribution in [0.3, 0.4) is 0 Å². The van der Waals surface area contributed by atoms with E-state index in [9.17, 15) is 4.79 Å². The van der Waals surface area contributed by atoms with E-state index in [1.807, 2.05) is 6.07 Å². The average molecular weight is 300 g/mol. The van der Waals surface area contributed by atoms with Gasteiger partial charge in [-0.1, -0.05) is 15.9 Å². The van der Waals surface area contributed by atoms with Crippen molar-refractivity contribution in [2.75, 3.05) is 5.33 Å². The molecule has 1 aliphatic rings. The zero-order valence-electron chi connectivity index (χ0n) is 9.88. The van der Waals surface area contributed by atoms with Crippen molar-refractivity contribution in [3.8, 4) is 0 Å². The summed E-state index contributed by atoms with van der Waals surface area (Å²) in [6, 6.07) is 2.15. The highest BCUT2D eigenvalue weighted by Gasteiger charge is 2.23. The molecule has 0 saturated carbocycles. The summed E-state index contributed by atoms with van der Waals surface area (Å²) in [4.78, 5) is 11.8. The molecule has 2 rings (SSSR count). The number of alkyl halides is 1. The maximum atomic E-state index is 11.8. The van der Waals surface area contributed by atoms with E-state index in [2.05, 4.69) is 21.2 Å². The monoisotopic (exact) mass is 299 g/mol. The minimum absolute atomic E-state index is 0.157. The Labute approximate surface area is 110 Å². The molecule has 3 nitrogen and oxygen atoms in total. The zero-order valence-corrected chi connectivity index (χ0v) is 11.5. The van der Waals surface area contributed by atoms with Gasteiger partial charge in [0.25, 0.3) is 0 Å². The van der Waals surface area contributed by atoms with Crippen molar-refractivity contribution in [3.05, 3.63) is 23.7 Å². The number of rotatable bonds is 5. The first-order valence-electron chi connectivity index (χ1n) is 6.23. The van der Waals surface area contributed by atoms with Crippen molar-refractivity contribution < 1.29 is 9.21 Å². The first kappa shape index (κ1) is 12.7. The molecule has 17 heavy (non-hydrogen) atoms. The minimum Gasteiger partial charge on any atom is -0.469 e. The van der Waals surface area contributed by atoms with Crippen molar-refractivity contribution in [1.29, 1.82) is 0 Å². The maximum Gasteiger partial charge on any atom is 0.220 e. The summed E-state index contributed by atoms with van der Waals surface area (Å²) in [5.74, 6) is 1.20. The van der Waals surface area contributed by atoms with Gasteiger partial charge in [0.05, 0.1) is 12.3 Å². The van der Waals surface area contributed by atoms with E-state index in [1.165, 1.54) is 5.56 Å². The summed E-state index contributed by atoms with van der Waals surface area (Å²) in [7, 11) is 0. The molecule has 1 amide bonds. The van der Waals surface area contributed by atoms with Crippen LogP contribution >= 0.6 is 15.9 Å². The minimum atomic E-state index is 0.157. The Kier molecular flexibility index (Phi) is 4.66.